The van der Waals surface area contributed by atoms with Crippen LogP contribution in [0.1, 0.15) is 28.6 Å². The fourth-order valence-electron chi connectivity index (χ4n) is 4.04. The first-order chi connectivity index (χ1) is 15.3. The number of amides is 2. The lowest BCUT2D eigenvalue weighted by atomic mass is 9.99. The van der Waals surface area contributed by atoms with Crippen LogP contribution in [0.4, 0.5) is 0 Å². The first-order valence-corrected chi connectivity index (χ1v) is 11.7. The van der Waals surface area contributed by atoms with E-state index in [-0.39, 0.29) is 17.6 Å². The molecule has 2 aliphatic heterocycles. The first-order valence-electron chi connectivity index (χ1n) is 10.3. The third-order valence-corrected chi connectivity index (χ3v) is 7.58. The standard InChI is InChI=1S/C21H26N4O6S/c1-23-18(14-17(22-32(23,28)29)15-5-7-16(30-2)8-6-15)20(26)24-9-11-25(12-10-24)21(27)19-4-3-13-31-19/h3-8,13,17-18,22H,9-12,14H2,1-2H3. The Morgan fingerprint density at radius 1 is 1.06 bits per heavy atom. The van der Waals surface area contributed by atoms with Gasteiger partial charge in [0.15, 0.2) is 5.76 Å². The average molecular weight is 463 g/mol. The Hall–Kier alpha value is -2.89. The molecule has 172 valence electrons. The molecule has 2 aromatic rings. The Bertz CT molecular complexity index is 1060. The van der Waals surface area contributed by atoms with Crippen LogP contribution in [-0.2, 0) is 15.0 Å². The lowest BCUT2D eigenvalue weighted by Crippen LogP contribution is -2.60. The van der Waals surface area contributed by atoms with Gasteiger partial charge < -0.3 is 19.0 Å². The van der Waals surface area contributed by atoms with Crippen LogP contribution in [0.3, 0.4) is 0 Å². The van der Waals surface area contributed by atoms with E-state index in [0.29, 0.717) is 38.3 Å². The lowest BCUT2D eigenvalue weighted by molar-refractivity contribution is -0.137. The number of ether oxygens (including phenoxy) is 1. The molecule has 32 heavy (non-hydrogen) atoms. The molecule has 2 fully saturated rings. The van der Waals surface area contributed by atoms with Crippen LogP contribution in [0.15, 0.2) is 47.1 Å². The van der Waals surface area contributed by atoms with Crippen molar-refractivity contribution in [1.82, 2.24) is 18.8 Å². The summed E-state index contributed by atoms with van der Waals surface area (Å²) in [7, 11) is -0.865. The van der Waals surface area contributed by atoms with Gasteiger partial charge in [-0.1, -0.05) is 12.1 Å². The molecule has 2 unspecified atom stereocenters. The predicted octanol–water partition coefficient (Wildman–Crippen LogP) is 0.852. The molecule has 0 radical (unpaired) electrons. The Balaban J connectivity index is 1.45. The summed E-state index contributed by atoms with van der Waals surface area (Å²) in [6, 6.07) is 8.99. The number of likely N-dealkylation sites (N-methyl/N-ethyl adjacent to an activating group) is 1. The molecule has 0 spiro atoms. The number of benzene rings is 1. The summed E-state index contributed by atoms with van der Waals surface area (Å²) in [6.07, 6.45) is 1.74. The smallest absolute Gasteiger partial charge is 0.289 e. The number of carbonyl (C=O) groups is 2. The molecule has 2 atom stereocenters. The quantitative estimate of drug-likeness (QED) is 0.721. The van der Waals surface area contributed by atoms with Crippen LogP contribution < -0.4 is 9.46 Å². The molecular weight excluding hydrogens is 436 g/mol. The zero-order valence-corrected chi connectivity index (χ0v) is 18.7. The molecule has 1 N–H and O–H groups in total. The number of methoxy groups -OCH3 is 1. The molecule has 1 aromatic carbocycles. The molecule has 2 amide bonds. The van der Waals surface area contributed by atoms with Crippen LogP contribution in [0, 0.1) is 0 Å². The molecule has 0 saturated carbocycles. The molecule has 1 aromatic heterocycles. The molecule has 2 aliphatic rings. The van der Waals surface area contributed by atoms with Gasteiger partial charge in [-0.05, 0) is 36.2 Å². The number of hydrogen-bond donors (Lipinski definition) is 1. The van der Waals surface area contributed by atoms with E-state index in [4.69, 9.17) is 9.15 Å². The molecule has 11 heteroatoms. The first kappa shape index (κ1) is 22.3. The predicted molar refractivity (Wildman–Crippen MR) is 115 cm³/mol. The molecule has 0 bridgehead atoms. The van der Waals surface area contributed by atoms with E-state index in [1.807, 2.05) is 0 Å². The Morgan fingerprint density at radius 3 is 2.31 bits per heavy atom. The fraction of sp³-hybridized carbons (Fsp3) is 0.429. The molecule has 0 aliphatic carbocycles. The second-order valence-corrected chi connectivity index (χ2v) is 9.57. The van der Waals surface area contributed by atoms with Crippen molar-refractivity contribution in [2.45, 2.75) is 18.5 Å². The summed E-state index contributed by atoms with van der Waals surface area (Å²) in [4.78, 5) is 29.0. The van der Waals surface area contributed by atoms with Crippen molar-refractivity contribution in [2.24, 2.45) is 0 Å². The largest absolute Gasteiger partial charge is 0.497 e. The second kappa shape index (κ2) is 8.93. The monoisotopic (exact) mass is 462 g/mol. The van der Waals surface area contributed by atoms with E-state index in [1.54, 1.807) is 53.3 Å². The van der Waals surface area contributed by atoms with Crippen LogP contribution >= 0.6 is 0 Å². The Labute approximate surface area is 186 Å². The highest BCUT2D eigenvalue weighted by atomic mass is 32.2. The Kier molecular flexibility index (Phi) is 6.22. The molecule has 2 saturated heterocycles. The lowest BCUT2D eigenvalue weighted by Gasteiger charge is -2.41. The van der Waals surface area contributed by atoms with Crippen molar-refractivity contribution in [3.05, 3.63) is 54.0 Å². The van der Waals surface area contributed by atoms with Crippen molar-refractivity contribution in [1.29, 1.82) is 0 Å². The number of rotatable bonds is 4. The van der Waals surface area contributed by atoms with Gasteiger partial charge in [0.05, 0.1) is 13.4 Å². The minimum absolute atomic E-state index is 0.219. The highest BCUT2D eigenvalue weighted by Gasteiger charge is 2.42. The van der Waals surface area contributed by atoms with Gasteiger partial charge in [0.25, 0.3) is 16.1 Å². The van der Waals surface area contributed by atoms with E-state index >= 15 is 0 Å². The van der Waals surface area contributed by atoms with E-state index < -0.39 is 22.3 Å². The van der Waals surface area contributed by atoms with Gasteiger partial charge in [-0.15, -0.1) is 0 Å². The number of piperazine rings is 1. The maximum Gasteiger partial charge on any atom is 0.289 e. The van der Waals surface area contributed by atoms with Crippen molar-refractivity contribution < 1.29 is 27.2 Å². The highest BCUT2D eigenvalue weighted by molar-refractivity contribution is 7.87. The van der Waals surface area contributed by atoms with Gasteiger partial charge >= 0.3 is 0 Å². The van der Waals surface area contributed by atoms with Crippen molar-refractivity contribution >= 4 is 22.0 Å². The number of nitrogens with one attached hydrogen (secondary N) is 1. The van der Waals surface area contributed by atoms with E-state index in [2.05, 4.69) is 4.72 Å². The van der Waals surface area contributed by atoms with E-state index in [9.17, 15) is 18.0 Å². The highest BCUT2D eigenvalue weighted by Crippen LogP contribution is 2.30. The molecular formula is C21H26N4O6S. The number of carbonyl (C=O) groups excluding carboxylic acids is 2. The van der Waals surface area contributed by atoms with Gasteiger partial charge in [-0.3, -0.25) is 9.59 Å². The zero-order chi connectivity index (χ0) is 22.9. The number of furan rings is 1. The maximum atomic E-state index is 13.3. The normalized spacial score (nSPS) is 23.7. The van der Waals surface area contributed by atoms with Gasteiger partial charge in [-0.25, -0.2) is 0 Å². The second-order valence-electron chi connectivity index (χ2n) is 7.81. The van der Waals surface area contributed by atoms with Crippen LogP contribution in [0.2, 0.25) is 0 Å². The maximum absolute atomic E-state index is 13.3. The van der Waals surface area contributed by atoms with E-state index in [1.165, 1.54) is 13.3 Å². The summed E-state index contributed by atoms with van der Waals surface area (Å²) in [5.41, 5.74) is 0.758. The molecule has 3 heterocycles. The van der Waals surface area contributed by atoms with Crippen LogP contribution in [0.25, 0.3) is 0 Å². The summed E-state index contributed by atoms with van der Waals surface area (Å²) >= 11 is 0. The van der Waals surface area contributed by atoms with Crippen molar-refractivity contribution in [3.8, 4) is 5.75 Å². The number of hydrogen-bond acceptors (Lipinski definition) is 6. The summed E-state index contributed by atoms with van der Waals surface area (Å²) in [5, 5.41) is 0. The topological polar surface area (TPSA) is 112 Å². The van der Waals surface area contributed by atoms with Gasteiger partial charge in [0.1, 0.15) is 11.8 Å². The summed E-state index contributed by atoms with van der Waals surface area (Å²) in [5.74, 6) is 0.444. The van der Waals surface area contributed by atoms with Crippen molar-refractivity contribution in [2.75, 3.05) is 40.3 Å². The molecule has 10 nitrogen and oxygen atoms in total. The Morgan fingerprint density at radius 2 is 1.72 bits per heavy atom. The fourth-order valence-corrected chi connectivity index (χ4v) is 5.31. The SMILES string of the molecule is COc1ccc(C2CC(C(=O)N3CCN(C(=O)c4ccco4)CC3)N(C)S(=O)(=O)N2)cc1. The number of nitrogens with zero attached hydrogens (tertiary/aromatic N) is 3. The third kappa shape index (κ3) is 4.36. The zero-order valence-electron chi connectivity index (χ0n) is 17.9. The van der Waals surface area contributed by atoms with Gasteiger partial charge in [0, 0.05) is 39.3 Å². The van der Waals surface area contributed by atoms with Crippen LogP contribution in [-0.4, -0.2) is 80.7 Å². The van der Waals surface area contributed by atoms with Crippen molar-refractivity contribution in [3.63, 3.8) is 0 Å². The van der Waals surface area contributed by atoms with Crippen LogP contribution in [0.5, 0.6) is 5.75 Å². The third-order valence-electron chi connectivity index (χ3n) is 5.98. The minimum Gasteiger partial charge on any atom is -0.497 e. The van der Waals surface area contributed by atoms with Gasteiger partial charge in [0.2, 0.25) is 5.91 Å². The van der Waals surface area contributed by atoms with E-state index in [0.717, 1.165) is 9.87 Å². The summed E-state index contributed by atoms with van der Waals surface area (Å²) in [6.45, 7) is 1.37. The van der Waals surface area contributed by atoms with Gasteiger partial charge in [-0.2, -0.15) is 17.4 Å². The minimum atomic E-state index is -3.83. The molecule has 4 rings (SSSR count). The summed E-state index contributed by atoms with van der Waals surface area (Å²) < 4.78 is 39.5. The average Bonchev–Trinajstić information content (AvgIpc) is 3.35.